The standard InChI is InChI=1S/C15H12BrN3O4/c16-9-6-12-13(22-5-4-21-12)7-10(9)17-8-14-18-15(19-23-14)11-2-1-3-20-11/h1-3,6-7,17H,4-5,8H2. The zero-order chi connectivity index (χ0) is 15.6. The second kappa shape index (κ2) is 5.96. The molecule has 118 valence electrons. The van der Waals surface area contributed by atoms with Gasteiger partial charge in [-0.25, -0.2) is 0 Å². The van der Waals surface area contributed by atoms with Crippen LogP contribution in [0.2, 0.25) is 0 Å². The summed E-state index contributed by atoms with van der Waals surface area (Å²) in [4.78, 5) is 4.28. The molecule has 0 bridgehead atoms. The zero-order valence-electron chi connectivity index (χ0n) is 11.9. The van der Waals surface area contributed by atoms with Crippen molar-refractivity contribution in [2.75, 3.05) is 18.5 Å². The Morgan fingerprint density at radius 1 is 1.17 bits per heavy atom. The Balaban J connectivity index is 1.49. The van der Waals surface area contributed by atoms with Gasteiger partial charge in [0.2, 0.25) is 11.7 Å². The highest BCUT2D eigenvalue weighted by molar-refractivity contribution is 9.10. The third kappa shape index (κ3) is 2.89. The largest absolute Gasteiger partial charge is 0.486 e. The topological polar surface area (TPSA) is 82.6 Å². The first-order chi connectivity index (χ1) is 11.3. The summed E-state index contributed by atoms with van der Waals surface area (Å²) in [6.45, 7) is 1.49. The fraction of sp³-hybridized carbons (Fsp3) is 0.200. The van der Waals surface area contributed by atoms with Crippen molar-refractivity contribution in [3.8, 4) is 23.1 Å². The van der Waals surface area contributed by atoms with Crippen LogP contribution in [-0.4, -0.2) is 23.4 Å². The van der Waals surface area contributed by atoms with Gasteiger partial charge in [-0.3, -0.25) is 0 Å². The predicted molar refractivity (Wildman–Crippen MR) is 84.5 cm³/mol. The number of anilines is 1. The number of furan rings is 1. The molecule has 0 saturated heterocycles. The summed E-state index contributed by atoms with van der Waals surface area (Å²) < 4.78 is 22.4. The summed E-state index contributed by atoms with van der Waals surface area (Å²) in [5, 5.41) is 7.12. The molecule has 1 aliphatic heterocycles. The van der Waals surface area contributed by atoms with E-state index in [2.05, 4.69) is 31.4 Å². The van der Waals surface area contributed by atoms with Gasteiger partial charge in [0, 0.05) is 16.6 Å². The Hall–Kier alpha value is -2.48. The average molecular weight is 378 g/mol. The van der Waals surface area contributed by atoms with E-state index < -0.39 is 0 Å². The summed E-state index contributed by atoms with van der Waals surface area (Å²) in [6.07, 6.45) is 1.57. The quantitative estimate of drug-likeness (QED) is 0.744. The molecule has 1 aliphatic rings. The number of benzene rings is 1. The van der Waals surface area contributed by atoms with E-state index in [9.17, 15) is 0 Å². The number of nitrogens with one attached hydrogen (secondary N) is 1. The minimum atomic E-state index is 0.381. The van der Waals surface area contributed by atoms with Crippen molar-refractivity contribution in [1.29, 1.82) is 0 Å². The van der Waals surface area contributed by atoms with Crippen molar-refractivity contribution < 1.29 is 18.4 Å². The molecule has 0 radical (unpaired) electrons. The maximum Gasteiger partial charge on any atom is 0.246 e. The molecule has 0 atom stereocenters. The van der Waals surface area contributed by atoms with Crippen LogP contribution in [0.15, 0.2) is 43.9 Å². The first kappa shape index (κ1) is 14.1. The number of ether oxygens (including phenoxy) is 2. The highest BCUT2D eigenvalue weighted by atomic mass is 79.9. The van der Waals surface area contributed by atoms with Gasteiger partial charge in [-0.15, -0.1) is 0 Å². The first-order valence-electron chi connectivity index (χ1n) is 6.99. The van der Waals surface area contributed by atoms with Gasteiger partial charge in [-0.05, 0) is 28.1 Å². The van der Waals surface area contributed by atoms with Gasteiger partial charge in [-0.2, -0.15) is 4.98 Å². The highest BCUT2D eigenvalue weighted by Crippen LogP contribution is 2.38. The van der Waals surface area contributed by atoms with E-state index in [1.807, 2.05) is 12.1 Å². The van der Waals surface area contributed by atoms with Gasteiger partial charge in [0.05, 0.1) is 18.5 Å². The molecule has 2 aromatic heterocycles. The van der Waals surface area contributed by atoms with E-state index >= 15 is 0 Å². The minimum absolute atomic E-state index is 0.381. The van der Waals surface area contributed by atoms with Crippen LogP contribution in [0.4, 0.5) is 5.69 Å². The molecule has 0 aliphatic carbocycles. The molecule has 1 aromatic carbocycles. The average Bonchev–Trinajstić information content (AvgIpc) is 3.24. The Morgan fingerprint density at radius 3 is 2.78 bits per heavy atom. The number of nitrogens with zero attached hydrogens (tertiary/aromatic N) is 2. The predicted octanol–water partition coefficient (Wildman–Crippen LogP) is 3.48. The third-order valence-electron chi connectivity index (χ3n) is 3.27. The maximum absolute atomic E-state index is 5.57. The second-order valence-electron chi connectivity index (χ2n) is 4.82. The molecule has 1 N–H and O–H groups in total. The van der Waals surface area contributed by atoms with Gasteiger partial charge in [0.25, 0.3) is 0 Å². The Labute approximate surface area is 139 Å². The number of aromatic nitrogens is 2. The Morgan fingerprint density at radius 2 is 2.00 bits per heavy atom. The van der Waals surface area contributed by atoms with Crippen molar-refractivity contribution in [1.82, 2.24) is 10.1 Å². The Kier molecular flexibility index (Phi) is 3.66. The van der Waals surface area contributed by atoms with Crippen LogP contribution in [0.1, 0.15) is 5.89 Å². The van der Waals surface area contributed by atoms with Gasteiger partial charge in [0.15, 0.2) is 17.3 Å². The van der Waals surface area contributed by atoms with Crippen molar-refractivity contribution in [2.24, 2.45) is 0 Å². The molecule has 0 saturated carbocycles. The molecule has 0 unspecified atom stereocenters. The molecule has 7 nitrogen and oxygen atoms in total. The van der Waals surface area contributed by atoms with Gasteiger partial charge in [-0.1, -0.05) is 5.16 Å². The van der Waals surface area contributed by atoms with E-state index in [1.165, 1.54) is 0 Å². The molecule has 8 heteroatoms. The van der Waals surface area contributed by atoms with E-state index in [0.29, 0.717) is 43.0 Å². The number of hydrogen-bond donors (Lipinski definition) is 1. The fourth-order valence-corrected chi connectivity index (χ4v) is 2.67. The summed E-state index contributed by atoms with van der Waals surface area (Å²) in [7, 11) is 0. The van der Waals surface area contributed by atoms with Crippen LogP contribution >= 0.6 is 15.9 Å². The van der Waals surface area contributed by atoms with E-state index in [-0.39, 0.29) is 0 Å². The highest BCUT2D eigenvalue weighted by Gasteiger charge is 2.16. The number of rotatable bonds is 4. The molecule has 0 amide bonds. The molecular weight excluding hydrogens is 366 g/mol. The third-order valence-corrected chi connectivity index (χ3v) is 3.93. The van der Waals surface area contributed by atoms with Gasteiger partial charge in [0.1, 0.15) is 13.2 Å². The van der Waals surface area contributed by atoms with E-state index in [1.54, 1.807) is 18.4 Å². The lowest BCUT2D eigenvalue weighted by atomic mass is 10.2. The van der Waals surface area contributed by atoms with Crippen molar-refractivity contribution in [3.63, 3.8) is 0 Å². The van der Waals surface area contributed by atoms with Crippen LogP contribution in [0.5, 0.6) is 11.5 Å². The van der Waals surface area contributed by atoms with Crippen LogP contribution in [0.25, 0.3) is 11.6 Å². The molecule has 23 heavy (non-hydrogen) atoms. The summed E-state index contributed by atoms with van der Waals surface area (Å²) in [6, 6.07) is 7.30. The van der Waals surface area contributed by atoms with Crippen molar-refractivity contribution in [2.45, 2.75) is 6.54 Å². The monoisotopic (exact) mass is 377 g/mol. The zero-order valence-corrected chi connectivity index (χ0v) is 13.5. The maximum atomic E-state index is 5.57. The van der Waals surface area contributed by atoms with Crippen molar-refractivity contribution >= 4 is 21.6 Å². The van der Waals surface area contributed by atoms with Gasteiger partial charge >= 0.3 is 0 Å². The normalized spacial score (nSPS) is 13.1. The fourth-order valence-electron chi connectivity index (χ4n) is 2.20. The van der Waals surface area contributed by atoms with Crippen LogP contribution in [-0.2, 0) is 6.54 Å². The van der Waals surface area contributed by atoms with Crippen molar-refractivity contribution in [3.05, 3.63) is 40.9 Å². The molecule has 3 heterocycles. The lowest BCUT2D eigenvalue weighted by Crippen LogP contribution is -2.15. The van der Waals surface area contributed by atoms with Crippen LogP contribution in [0.3, 0.4) is 0 Å². The molecular formula is C15H12BrN3O4. The first-order valence-corrected chi connectivity index (χ1v) is 7.78. The summed E-state index contributed by atoms with van der Waals surface area (Å²) in [5.74, 6) is 2.89. The second-order valence-corrected chi connectivity index (χ2v) is 5.67. The Bertz CT molecular complexity index is 816. The van der Waals surface area contributed by atoms with Crippen LogP contribution < -0.4 is 14.8 Å². The minimum Gasteiger partial charge on any atom is -0.486 e. The molecule has 3 aromatic rings. The molecule has 4 rings (SSSR count). The molecule has 0 fully saturated rings. The summed E-state index contributed by atoms with van der Waals surface area (Å²) in [5.41, 5.74) is 0.854. The number of hydrogen-bond acceptors (Lipinski definition) is 7. The van der Waals surface area contributed by atoms with E-state index in [0.717, 1.165) is 15.9 Å². The smallest absolute Gasteiger partial charge is 0.246 e. The summed E-state index contributed by atoms with van der Waals surface area (Å²) >= 11 is 3.51. The lowest BCUT2D eigenvalue weighted by Gasteiger charge is -2.20. The number of halogens is 1. The molecule has 0 spiro atoms. The van der Waals surface area contributed by atoms with Gasteiger partial charge < -0.3 is 23.7 Å². The van der Waals surface area contributed by atoms with Crippen LogP contribution in [0, 0.1) is 0 Å². The van der Waals surface area contributed by atoms with E-state index in [4.69, 9.17) is 18.4 Å². The SMILES string of the molecule is Brc1cc2c(cc1NCc1nc(-c3ccco3)no1)OCCO2. The number of fused-ring (bicyclic) bond motifs is 1. The lowest BCUT2D eigenvalue weighted by molar-refractivity contribution is 0.171.